The van der Waals surface area contributed by atoms with Crippen LogP contribution in [0.1, 0.15) is 60.5 Å². The second kappa shape index (κ2) is 8.27. The van der Waals surface area contributed by atoms with Crippen molar-refractivity contribution in [2.45, 2.75) is 39.0 Å². The Kier molecular flexibility index (Phi) is 5.99. The highest BCUT2D eigenvalue weighted by Gasteiger charge is 2.40. The minimum atomic E-state index is -0.902. The zero-order valence-corrected chi connectivity index (χ0v) is 17.2. The number of halogens is 1. The molecule has 0 aliphatic heterocycles. The summed E-state index contributed by atoms with van der Waals surface area (Å²) in [6.07, 6.45) is 0.968. The number of hydrogen-bond donors (Lipinski definition) is 2. The zero-order chi connectivity index (χ0) is 20.4. The summed E-state index contributed by atoms with van der Waals surface area (Å²) in [5, 5.41) is 9.86. The smallest absolute Gasteiger partial charge is 0.335 e. The van der Waals surface area contributed by atoms with E-state index >= 15 is 0 Å². The topological polar surface area (TPSA) is 72.5 Å². The number of hydrogen-bond acceptors (Lipinski definition) is 3. The third-order valence-electron chi connectivity index (χ3n) is 5.29. The maximum atomic E-state index is 11.2. The highest BCUT2D eigenvalue weighted by molar-refractivity contribution is 6.31. The van der Waals surface area contributed by atoms with E-state index < -0.39 is 5.97 Å². The van der Waals surface area contributed by atoms with Crippen molar-refractivity contribution in [2.24, 2.45) is 11.7 Å². The van der Waals surface area contributed by atoms with Gasteiger partial charge in [-0.15, -0.1) is 0 Å². The molecule has 2 aromatic carbocycles. The van der Waals surface area contributed by atoms with E-state index in [0.717, 1.165) is 34.6 Å². The number of carboxylic acid groups (broad SMARTS) is 1. The van der Waals surface area contributed by atoms with Crippen LogP contribution in [0.3, 0.4) is 0 Å². The number of aromatic carboxylic acids is 1. The van der Waals surface area contributed by atoms with Crippen LogP contribution in [0.25, 0.3) is 0 Å². The van der Waals surface area contributed by atoms with Crippen LogP contribution < -0.4 is 10.5 Å². The molecule has 2 aromatic rings. The summed E-state index contributed by atoms with van der Waals surface area (Å²) in [6.45, 7) is 6.53. The summed E-state index contributed by atoms with van der Waals surface area (Å²) < 4.78 is 5.84. The van der Waals surface area contributed by atoms with Gasteiger partial charge in [-0.3, -0.25) is 0 Å². The molecule has 5 heteroatoms. The standard InChI is InChI=1S/C23H26ClNO3/c1-13(2)22(25)14(3)12-28-17-7-8-18(21(24)10-17)20-11-19(20)15-5-4-6-16(9-15)23(26)27/h4-10,13,19-20H,11-12,25H2,1-3H3,(H,26,27)/b22-14+. The van der Waals surface area contributed by atoms with Crippen molar-refractivity contribution in [1.29, 1.82) is 0 Å². The quantitative estimate of drug-likeness (QED) is 0.637. The Morgan fingerprint density at radius 3 is 2.64 bits per heavy atom. The number of carbonyl (C=O) groups is 1. The lowest BCUT2D eigenvalue weighted by atomic mass is 10.0. The summed E-state index contributed by atoms with van der Waals surface area (Å²) in [7, 11) is 0. The molecule has 1 fully saturated rings. The summed E-state index contributed by atoms with van der Waals surface area (Å²) >= 11 is 6.52. The Morgan fingerprint density at radius 1 is 1.25 bits per heavy atom. The SMILES string of the molecule is C/C(COc1ccc(C2CC2c2cccc(C(=O)O)c2)c(Cl)c1)=C(\N)C(C)C. The van der Waals surface area contributed by atoms with Gasteiger partial charge in [0.1, 0.15) is 12.4 Å². The monoisotopic (exact) mass is 399 g/mol. The Bertz CT molecular complexity index is 920. The molecule has 1 saturated carbocycles. The highest BCUT2D eigenvalue weighted by atomic mass is 35.5. The lowest BCUT2D eigenvalue weighted by Crippen LogP contribution is -2.12. The predicted molar refractivity (Wildman–Crippen MR) is 112 cm³/mol. The van der Waals surface area contributed by atoms with Gasteiger partial charge in [0.25, 0.3) is 0 Å². The minimum Gasteiger partial charge on any atom is -0.489 e. The molecule has 3 N–H and O–H groups in total. The summed E-state index contributed by atoms with van der Waals surface area (Å²) in [6, 6.07) is 12.9. The van der Waals surface area contributed by atoms with Gasteiger partial charge in [0.05, 0.1) is 5.56 Å². The van der Waals surface area contributed by atoms with Crippen molar-refractivity contribution in [3.05, 3.63) is 75.4 Å². The molecule has 1 aliphatic rings. The molecular formula is C23H26ClNO3. The van der Waals surface area contributed by atoms with Crippen LogP contribution in [0, 0.1) is 5.92 Å². The van der Waals surface area contributed by atoms with Gasteiger partial charge in [-0.05, 0) is 72.1 Å². The Labute approximate surface area is 171 Å². The second-order valence-electron chi connectivity index (χ2n) is 7.74. The molecule has 0 radical (unpaired) electrons. The van der Waals surface area contributed by atoms with E-state index in [-0.39, 0.29) is 0 Å². The molecule has 0 spiro atoms. The molecule has 2 atom stereocenters. The third-order valence-corrected chi connectivity index (χ3v) is 5.62. The van der Waals surface area contributed by atoms with Gasteiger partial charge >= 0.3 is 5.97 Å². The number of nitrogens with two attached hydrogens (primary N) is 1. The number of allylic oxidation sites excluding steroid dienone is 1. The van der Waals surface area contributed by atoms with Gasteiger partial charge in [-0.1, -0.05) is 43.6 Å². The average molecular weight is 400 g/mol. The average Bonchev–Trinajstić information content (AvgIpc) is 3.46. The number of rotatable bonds is 7. The molecule has 4 nitrogen and oxygen atoms in total. The van der Waals surface area contributed by atoms with E-state index in [1.807, 2.05) is 31.2 Å². The van der Waals surface area contributed by atoms with Crippen molar-refractivity contribution in [1.82, 2.24) is 0 Å². The first kappa shape index (κ1) is 20.3. The van der Waals surface area contributed by atoms with E-state index in [0.29, 0.717) is 34.9 Å². The van der Waals surface area contributed by atoms with Crippen LogP contribution in [0.5, 0.6) is 5.75 Å². The third kappa shape index (κ3) is 4.50. The normalized spacial score (nSPS) is 19.3. The molecule has 0 bridgehead atoms. The van der Waals surface area contributed by atoms with E-state index in [1.165, 1.54) is 0 Å². The molecule has 0 aromatic heterocycles. The minimum absolute atomic E-state index is 0.293. The molecule has 3 rings (SSSR count). The van der Waals surface area contributed by atoms with Gasteiger partial charge < -0.3 is 15.6 Å². The predicted octanol–water partition coefficient (Wildman–Crippen LogP) is 5.58. The van der Waals surface area contributed by atoms with Crippen molar-refractivity contribution in [3.63, 3.8) is 0 Å². The maximum absolute atomic E-state index is 11.2. The van der Waals surface area contributed by atoms with E-state index in [2.05, 4.69) is 13.8 Å². The largest absolute Gasteiger partial charge is 0.489 e. The molecule has 1 aliphatic carbocycles. The lowest BCUT2D eigenvalue weighted by Gasteiger charge is -2.13. The molecule has 148 valence electrons. The molecule has 28 heavy (non-hydrogen) atoms. The van der Waals surface area contributed by atoms with E-state index in [9.17, 15) is 9.90 Å². The molecule has 2 unspecified atom stereocenters. The van der Waals surface area contributed by atoms with Gasteiger partial charge in [0.2, 0.25) is 0 Å². The number of ether oxygens (including phenoxy) is 1. The van der Waals surface area contributed by atoms with Crippen LogP contribution in [0.4, 0.5) is 0 Å². The van der Waals surface area contributed by atoms with Gasteiger partial charge in [0, 0.05) is 10.7 Å². The van der Waals surface area contributed by atoms with Gasteiger partial charge in [0.15, 0.2) is 0 Å². The Balaban J connectivity index is 1.68. The van der Waals surface area contributed by atoms with Crippen molar-refractivity contribution < 1.29 is 14.6 Å². The summed E-state index contributed by atoms with van der Waals surface area (Å²) in [5.74, 6) is 0.722. The summed E-state index contributed by atoms with van der Waals surface area (Å²) in [5.41, 5.74) is 10.4. The molecule has 0 saturated heterocycles. The van der Waals surface area contributed by atoms with Crippen LogP contribution in [0.15, 0.2) is 53.7 Å². The van der Waals surface area contributed by atoms with Crippen molar-refractivity contribution in [2.75, 3.05) is 6.61 Å². The fraction of sp³-hybridized carbons (Fsp3) is 0.348. The van der Waals surface area contributed by atoms with Crippen molar-refractivity contribution >= 4 is 17.6 Å². The van der Waals surface area contributed by atoms with Crippen LogP contribution in [0.2, 0.25) is 5.02 Å². The Hall–Kier alpha value is -2.46. The first-order valence-electron chi connectivity index (χ1n) is 9.48. The second-order valence-corrected chi connectivity index (χ2v) is 8.15. The number of carboxylic acids is 1. The molecular weight excluding hydrogens is 374 g/mol. The summed E-state index contributed by atoms with van der Waals surface area (Å²) in [4.78, 5) is 11.2. The Morgan fingerprint density at radius 2 is 2.00 bits per heavy atom. The first-order chi connectivity index (χ1) is 13.3. The van der Waals surface area contributed by atoms with Gasteiger partial charge in [-0.2, -0.15) is 0 Å². The fourth-order valence-electron chi connectivity index (χ4n) is 3.48. The van der Waals surface area contributed by atoms with E-state index in [1.54, 1.807) is 18.2 Å². The molecule has 0 heterocycles. The zero-order valence-electron chi connectivity index (χ0n) is 16.4. The van der Waals surface area contributed by atoms with Crippen LogP contribution in [-0.2, 0) is 0 Å². The lowest BCUT2D eigenvalue weighted by molar-refractivity contribution is 0.0696. The van der Waals surface area contributed by atoms with Crippen molar-refractivity contribution in [3.8, 4) is 5.75 Å². The number of benzene rings is 2. The van der Waals surface area contributed by atoms with Crippen LogP contribution >= 0.6 is 11.6 Å². The first-order valence-corrected chi connectivity index (χ1v) is 9.86. The maximum Gasteiger partial charge on any atom is 0.335 e. The fourth-order valence-corrected chi connectivity index (χ4v) is 3.79. The molecule has 0 amide bonds. The highest BCUT2D eigenvalue weighted by Crippen LogP contribution is 2.56. The van der Waals surface area contributed by atoms with E-state index in [4.69, 9.17) is 22.1 Å². The van der Waals surface area contributed by atoms with Crippen LogP contribution in [-0.4, -0.2) is 17.7 Å². The van der Waals surface area contributed by atoms with Gasteiger partial charge in [-0.25, -0.2) is 4.79 Å².